The van der Waals surface area contributed by atoms with Gasteiger partial charge in [0.25, 0.3) is 0 Å². The predicted octanol–water partition coefficient (Wildman–Crippen LogP) is 14.3. The standard InChI is InChI=1S/C53H36N2/c1-3-12-36(13-4-1)41-25-30-52-47(34-41)48-35-42(37-14-5-2-6-15-37)26-31-53(48)54(52)45-27-22-38(23-28-45)40-24-29-50-44(32-40)33-43-17-8-10-20-49(43)55(50)51-21-11-18-39-16-7-9-19-46(39)51/h1-32,34-35H,33H2. The van der Waals surface area contributed by atoms with Crippen molar-refractivity contribution in [3.8, 4) is 39.1 Å². The van der Waals surface area contributed by atoms with E-state index in [2.05, 4.69) is 216 Å². The van der Waals surface area contributed by atoms with E-state index in [9.17, 15) is 0 Å². The first-order chi connectivity index (χ1) is 27.3. The molecule has 1 aromatic heterocycles. The smallest absolute Gasteiger partial charge is 0.0541 e. The normalized spacial score (nSPS) is 12.3. The minimum absolute atomic E-state index is 0.899. The summed E-state index contributed by atoms with van der Waals surface area (Å²) in [6.45, 7) is 0. The van der Waals surface area contributed by atoms with Crippen molar-refractivity contribution in [3.63, 3.8) is 0 Å². The third-order valence-corrected chi connectivity index (χ3v) is 11.4. The van der Waals surface area contributed by atoms with Crippen LogP contribution in [0.1, 0.15) is 11.1 Å². The topological polar surface area (TPSA) is 8.17 Å². The second kappa shape index (κ2) is 12.8. The SMILES string of the molecule is c1ccc(-c2ccc3c(c2)c2cc(-c4ccccc4)ccc2n3-c2ccc(-c3ccc4c(c3)Cc3ccccc3N4c3cccc4ccccc34)cc2)cc1. The molecule has 0 atom stereocenters. The summed E-state index contributed by atoms with van der Waals surface area (Å²) >= 11 is 0. The van der Waals surface area contributed by atoms with Crippen molar-refractivity contribution in [3.05, 3.63) is 217 Å². The Kier molecular flexibility index (Phi) is 7.28. The predicted molar refractivity (Wildman–Crippen MR) is 232 cm³/mol. The lowest BCUT2D eigenvalue weighted by Gasteiger charge is -2.34. The van der Waals surface area contributed by atoms with Gasteiger partial charge in [-0.05, 0) is 111 Å². The van der Waals surface area contributed by atoms with Gasteiger partial charge >= 0.3 is 0 Å². The second-order valence-corrected chi connectivity index (χ2v) is 14.6. The highest BCUT2D eigenvalue weighted by Crippen LogP contribution is 2.47. The van der Waals surface area contributed by atoms with Crippen LogP contribution in [0.3, 0.4) is 0 Å². The monoisotopic (exact) mass is 700 g/mol. The van der Waals surface area contributed by atoms with Crippen molar-refractivity contribution >= 4 is 49.6 Å². The molecule has 0 amide bonds. The number of hydrogen-bond donors (Lipinski definition) is 0. The molecule has 10 aromatic rings. The number of fused-ring (bicyclic) bond motifs is 6. The van der Waals surface area contributed by atoms with Gasteiger partial charge in [-0.15, -0.1) is 0 Å². The molecule has 0 unspecified atom stereocenters. The van der Waals surface area contributed by atoms with E-state index in [1.807, 2.05) is 0 Å². The van der Waals surface area contributed by atoms with E-state index >= 15 is 0 Å². The lowest BCUT2D eigenvalue weighted by atomic mass is 9.91. The van der Waals surface area contributed by atoms with Gasteiger partial charge in [-0.25, -0.2) is 0 Å². The van der Waals surface area contributed by atoms with Crippen LogP contribution in [0.2, 0.25) is 0 Å². The maximum absolute atomic E-state index is 2.46. The number of aromatic nitrogens is 1. The zero-order valence-corrected chi connectivity index (χ0v) is 30.2. The maximum Gasteiger partial charge on any atom is 0.0541 e. The first kappa shape index (κ1) is 31.4. The van der Waals surface area contributed by atoms with E-state index in [-0.39, 0.29) is 0 Å². The minimum Gasteiger partial charge on any atom is -0.309 e. The van der Waals surface area contributed by atoms with Gasteiger partial charge in [0.05, 0.1) is 16.7 Å². The minimum atomic E-state index is 0.899. The molecule has 0 saturated carbocycles. The van der Waals surface area contributed by atoms with E-state index < -0.39 is 0 Å². The largest absolute Gasteiger partial charge is 0.309 e. The Morgan fingerprint density at radius 3 is 1.53 bits per heavy atom. The molecule has 258 valence electrons. The van der Waals surface area contributed by atoms with E-state index in [0.29, 0.717) is 0 Å². The molecule has 1 aliphatic rings. The Balaban J connectivity index is 1.01. The Bertz CT molecular complexity index is 2950. The van der Waals surface area contributed by atoms with Gasteiger partial charge in [0, 0.05) is 39.6 Å². The zero-order valence-electron chi connectivity index (χ0n) is 30.2. The van der Waals surface area contributed by atoms with Crippen molar-refractivity contribution in [1.82, 2.24) is 4.57 Å². The second-order valence-electron chi connectivity index (χ2n) is 14.6. The highest BCUT2D eigenvalue weighted by Gasteiger charge is 2.25. The molecule has 0 spiro atoms. The van der Waals surface area contributed by atoms with Gasteiger partial charge < -0.3 is 9.47 Å². The van der Waals surface area contributed by atoms with Crippen molar-refractivity contribution < 1.29 is 0 Å². The molecule has 2 heterocycles. The molecule has 0 saturated heterocycles. The average Bonchev–Trinajstić information content (AvgIpc) is 3.59. The fraction of sp³-hybridized carbons (Fsp3) is 0.0189. The number of hydrogen-bond acceptors (Lipinski definition) is 1. The molecular weight excluding hydrogens is 665 g/mol. The number of rotatable bonds is 5. The van der Waals surface area contributed by atoms with E-state index in [4.69, 9.17) is 0 Å². The molecule has 0 radical (unpaired) electrons. The Hall–Kier alpha value is -7.16. The van der Waals surface area contributed by atoms with Gasteiger partial charge in [-0.3, -0.25) is 0 Å². The van der Waals surface area contributed by atoms with Gasteiger partial charge in [0.1, 0.15) is 0 Å². The molecule has 1 aliphatic heterocycles. The van der Waals surface area contributed by atoms with Crippen LogP contribution in [-0.4, -0.2) is 4.57 Å². The molecule has 0 fully saturated rings. The number of para-hydroxylation sites is 1. The highest BCUT2D eigenvalue weighted by molar-refractivity contribution is 6.11. The molecule has 0 N–H and O–H groups in total. The quantitative estimate of drug-likeness (QED) is 0.174. The van der Waals surface area contributed by atoms with Crippen LogP contribution in [0.15, 0.2) is 206 Å². The summed E-state index contributed by atoms with van der Waals surface area (Å²) in [4.78, 5) is 2.46. The third-order valence-electron chi connectivity index (χ3n) is 11.4. The number of anilines is 3. The van der Waals surface area contributed by atoms with Crippen molar-refractivity contribution in [2.45, 2.75) is 6.42 Å². The summed E-state index contributed by atoms with van der Waals surface area (Å²) in [5, 5.41) is 5.01. The van der Waals surface area contributed by atoms with Gasteiger partial charge in [0.15, 0.2) is 0 Å². The number of benzene rings is 9. The summed E-state index contributed by atoms with van der Waals surface area (Å²) in [5.41, 5.74) is 17.3. The van der Waals surface area contributed by atoms with E-state index in [0.717, 1.165) is 12.1 Å². The Labute approximate surface area is 320 Å². The first-order valence-corrected chi connectivity index (χ1v) is 19.1. The van der Waals surface area contributed by atoms with Crippen molar-refractivity contribution in [2.24, 2.45) is 0 Å². The van der Waals surface area contributed by atoms with Crippen LogP contribution >= 0.6 is 0 Å². The summed E-state index contributed by atoms with van der Waals surface area (Å²) in [5.74, 6) is 0. The summed E-state index contributed by atoms with van der Waals surface area (Å²) in [6, 6.07) is 75.5. The van der Waals surface area contributed by atoms with Crippen LogP contribution in [-0.2, 0) is 6.42 Å². The summed E-state index contributed by atoms with van der Waals surface area (Å²) < 4.78 is 2.42. The van der Waals surface area contributed by atoms with Crippen LogP contribution < -0.4 is 4.90 Å². The lowest BCUT2D eigenvalue weighted by molar-refractivity contribution is 1.09. The zero-order chi connectivity index (χ0) is 36.3. The number of nitrogens with zero attached hydrogens (tertiary/aromatic N) is 2. The lowest BCUT2D eigenvalue weighted by Crippen LogP contribution is -2.18. The summed E-state index contributed by atoms with van der Waals surface area (Å²) in [7, 11) is 0. The molecule has 0 aliphatic carbocycles. The van der Waals surface area contributed by atoms with Crippen LogP contribution in [0, 0.1) is 0 Å². The van der Waals surface area contributed by atoms with E-state index in [1.165, 1.54) is 94.1 Å². The van der Waals surface area contributed by atoms with Crippen molar-refractivity contribution in [1.29, 1.82) is 0 Å². The van der Waals surface area contributed by atoms with Gasteiger partial charge in [-0.1, -0.05) is 146 Å². The van der Waals surface area contributed by atoms with E-state index in [1.54, 1.807) is 0 Å². The fourth-order valence-electron chi connectivity index (χ4n) is 8.73. The van der Waals surface area contributed by atoms with Crippen LogP contribution in [0.5, 0.6) is 0 Å². The molecule has 2 heteroatoms. The average molecular weight is 701 g/mol. The molecule has 2 nitrogen and oxygen atoms in total. The Morgan fingerprint density at radius 2 is 0.818 bits per heavy atom. The van der Waals surface area contributed by atoms with Crippen LogP contribution in [0.25, 0.3) is 71.6 Å². The van der Waals surface area contributed by atoms with Gasteiger partial charge in [-0.2, -0.15) is 0 Å². The first-order valence-electron chi connectivity index (χ1n) is 19.1. The summed E-state index contributed by atoms with van der Waals surface area (Å²) in [6.07, 6.45) is 0.899. The third kappa shape index (κ3) is 5.26. The molecule has 9 aromatic carbocycles. The maximum atomic E-state index is 2.46. The fourth-order valence-corrected chi connectivity index (χ4v) is 8.73. The molecule has 0 bridgehead atoms. The Morgan fingerprint density at radius 1 is 0.309 bits per heavy atom. The van der Waals surface area contributed by atoms with Crippen LogP contribution in [0.4, 0.5) is 17.1 Å². The molecule has 55 heavy (non-hydrogen) atoms. The van der Waals surface area contributed by atoms with Gasteiger partial charge in [0.2, 0.25) is 0 Å². The van der Waals surface area contributed by atoms with Crippen molar-refractivity contribution in [2.75, 3.05) is 4.90 Å². The molecule has 11 rings (SSSR count). The highest BCUT2D eigenvalue weighted by atomic mass is 15.2. The molecular formula is C53H36N2.